The Morgan fingerprint density at radius 2 is 1.00 bits per heavy atom. The van der Waals surface area contributed by atoms with Crippen LogP contribution in [0.3, 0.4) is 0 Å². The number of rotatable bonds is 11. The third-order valence-corrected chi connectivity index (χ3v) is 8.71. The number of hydrogen-bond acceptors (Lipinski definition) is 11. The van der Waals surface area contributed by atoms with Crippen LogP contribution in [-0.4, -0.2) is 184 Å². The zero-order chi connectivity index (χ0) is 41.9. The average molecular weight is 799 g/mol. The van der Waals surface area contributed by atoms with Gasteiger partial charge in [-0.3, -0.25) is 0 Å². The van der Waals surface area contributed by atoms with Gasteiger partial charge in [0.2, 0.25) is 0 Å². The lowest BCUT2D eigenvalue weighted by Crippen LogP contribution is -2.38. The van der Waals surface area contributed by atoms with Gasteiger partial charge in [0.1, 0.15) is 11.2 Å². The Morgan fingerprint density at radius 3 is 1.33 bits per heavy atom. The molecule has 5 N–H and O–H groups in total. The predicted molar refractivity (Wildman–Crippen MR) is 212 cm³/mol. The molecular formula is C38H77F3N8O6. The molecule has 17 heteroatoms. The Bertz CT molecular complexity index is 1010. The highest BCUT2D eigenvalue weighted by Gasteiger charge is 2.38. The van der Waals surface area contributed by atoms with E-state index in [0.717, 1.165) is 52.4 Å². The van der Waals surface area contributed by atoms with E-state index < -0.39 is 23.3 Å². The van der Waals surface area contributed by atoms with Gasteiger partial charge < -0.3 is 55.4 Å². The fourth-order valence-electron chi connectivity index (χ4n) is 5.83. The van der Waals surface area contributed by atoms with Crippen LogP contribution in [0.5, 0.6) is 0 Å². The van der Waals surface area contributed by atoms with E-state index in [1.165, 1.54) is 97.2 Å². The number of nitrogens with two attached hydrogens (primary N) is 1. The van der Waals surface area contributed by atoms with E-state index in [9.17, 15) is 22.8 Å². The summed E-state index contributed by atoms with van der Waals surface area (Å²) in [4.78, 5) is 43.2. The molecule has 4 rings (SSSR count). The van der Waals surface area contributed by atoms with Crippen LogP contribution in [-0.2, 0) is 14.3 Å². The summed E-state index contributed by atoms with van der Waals surface area (Å²) < 4.78 is 42.2. The van der Waals surface area contributed by atoms with Crippen LogP contribution in [0.2, 0.25) is 0 Å². The van der Waals surface area contributed by atoms with Gasteiger partial charge in [-0.1, -0.05) is 0 Å². The molecule has 4 saturated heterocycles. The molecule has 4 fully saturated rings. The van der Waals surface area contributed by atoms with Crippen molar-refractivity contribution in [1.29, 1.82) is 0 Å². The molecule has 0 saturated carbocycles. The minimum absolute atomic E-state index is 0.230. The van der Waals surface area contributed by atoms with E-state index in [2.05, 4.69) is 30.2 Å². The van der Waals surface area contributed by atoms with Gasteiger partial charge in [-0.05, 0) is 152 Å². The highest BCUT2D eigenvalue weighted by Crippen LogP contribution is 2.13. The van der Waals surface area contributed by atoms with Crippen molar-refractivity contribution >= 4 is 18.2 Å². The minimum atomic E-state index is -5.08. The molecule has 0 bridgehead atoms. The van der Waals surface area contributed by atoms with Crippen molar-refractivity contribution in [2.75, 3.05) is 119 Å². The van der Waals surface area contributed by atoms with Crippen molar-refractivity contribution in [2.45, 2.75) is 110 Å². The topological polar surface area (TPSA) is 156 Å². The molecule has 0 spiro atoms. The maximum atomic E-state index is 11.6. The van der Waals surface area contributed by atoms with Crippen molar-refractivity contribution < 1.29 is 42.1 Å². The van der Waals surface area contributed by atoms with Crippen LogP contribution >= 0.6 is 0 Å². The third kappa shape index (κ3) is 31.3. The Kier molecular flexibility index (Phi) is 27.6. The van der Waals surface area contributed by atoms with Crippen LogP contribution in [0.25, 0.3) is 0 Å². The van der Waals surface area contributed by atoms with Gasteiger partial charge in [-0.15, -0.1) is 0 Å². The van der Waals surface area contributed by atoms with Gasteiger partial charge in [0.05, 0.1) is 0 Å². The Balaban J connectivity index is 0.000000689. The molecule has 326 valence electrons. The average Bonchev–Trinajstić information content (AvgIpc) is 3.92. The number of likely N-dealkylation sites (tertiary alicyclic amines) is 4. The maximum absolute atomic E-state index is 11.6. The summed E-state index contributed by atoms with van der Waals surface area (Å²) in [7, 11) is 3.81. The molecular weight excluding hydrogens is 721 g/mol. The highest BCUT2D eigenvalue weighted by molar-refractivity contribution is 5.73. The van der Waals surface area contributed by atoms with Crippen molar-refractivity contribution in [3.63, 3.8) is 0 Å². The minimum Gasteiger partial charge on any atom is -0.475 e. The van der Waals surface area contributed by atoms with Crippen molar-refractivity contribution in [3.05, 3.63) is 0 Å². The number of aliphatic carboxylic acids is 1. The van der Waals surface area contributed by atoms with Gasteiger partial charge in [0.25, 0.3) is 0 Å². The van der Waals surface area contributed by atoms with Crippen LogP contribution in [0.4, 0.5) is 22.8 Å². The maximum Gasteiger partial charge on any atom is 0.490 e. The van der Waals surface area contributed by atoms with Crippen molar-refractivity contribution in [3.8, 4) is 0 Å². The van der Waals surface area contributed by atoms with E-state index in [-0.39, 0.29) is 12.2 Å². The normalized spacial score (nSPS) is 18.0. The number of carboxylic acid groups (broad SMARTS) is 1. The highest BCUT2D eigenvalue weighted by atomic mass is 19.4. The Morgan fingerprint density at radius 1 is 0.655 bits per heavy atom. The van der Waals surface area contributed by atoms with E-state index in [4.69, 9.17) is 25.1 Å². The van der Waals surface area contributed by atoms with Crippen molar-refractivity contribution in [1.82, 2.24) is 35.1 Å². The smallest absolute Gasteiger partial charge is 0.475 e. The van der Waals surface area contributed by atoms with E-state index in [1.807, 2.05) is 48.6 Å². The molecule has 0 aromatic heterocycles. The first-order valence-corrected chi connectivity index (χ1v) is 20.1. The lowest BCUT2D eigenvalue weighted by atomic mass is 10.2. The molecule has 0 atom stereocenters. The van der Waals surface area contributed by atoms with Crippen LogP contribution in [0, 0.1) is 0 Å². The lowest BCUT2D eigenvalue weighted by molar-refractivity contribution is -0.192. The number of hydrogen-bond donors (Lipinski definition) is 4. The Hall–Kier alpha value is -2.44. The second-order valence-electron chi connectivity index (χ2n) is 16.2. The third-order valence-electron chi connectivity index (χ3n) is 8.71. The number of ether oxygens (including phenoxy) is 2. The summed E-state index contributed by atoms with van der Waals surface area (Å²) in [6.45, 7) is 28.7. The number of carbonyl (C=O) groups excluding carboxylic acids is 2. The summed E-state index contributed by atoms with van der Waals surface area (Å²) >= 11 is 0. The van der Waals surface area contributed by atoms with E-state index in [1.54, 1.807) is 11.9 Å². The van der Waals surface area contributed by atoms with Gasteiger partial charge >= 0.3 is 24.3 Å². The van der Waals surface area contributed by atoms with Crippen LogP contribution in [0.15, 0.2) is 0 Å². The number of amides is 2. The standard InChI is InChI=1S/C12H24N2O2.C11H22N2O2.C7H16N2.C6H14N2.C2HF3O2/c1-12(2,3)16-11(15)13(4)9-10-14-7-5-6-8-14;1-11(2,3)15-10(14)12-6-9-13-7-4-5-8-13;1-8-4-7-9-5-2-3-6-9;7-3-6-8-4-1-2-5-8;3-2(4,5)1(6)7/h5-10H2,1-4H3;4-9H2,1-3H3,(H,12,14);8H,2-7H2,1H3;1-7H2;(H,6,7). The number of halogens is 3. The van der Waals surface area contributed by atoms with Gasteiger partial charge in [-0.25, -0.2) is 14.4 Å². The molecule has 55 heavy (non-hydrogen) atoms. The number of alkyl carbamates (subject to hydrolysis) is 1. The number of carbonyl (C=O) groups is 3. The molecule has 2 amide bonds. The molecule has 0 aromatic carbocycles. The number of carboxylic acids is 1. The number of nitrogens with one attached hydrogen (secondary N) is 2. The number of alkyl halides is 3. The molecule has 14 nitrogen and oxygen atoms in total. The quantitative estimate of drug-likeness (QED) is 0.232. The second-order valence-corrected chi connectivity index (χ2v) is 16.2. The van der Waals surface area contributed by atoms with E-state index in [0.29, 0.717) is 6.54 Å². The molecule has 0 aromatic rings. The summed E-state index contributed by atoms with van der Waals surface area (Å²) in [6, 6.07) is 0. The van der Waals surface area contributed by atoms with Crippen molar-refractivity contribution in [2.24, 2.45) is 5.73 Å². The summed E-state index contributed by atoms with van der Waals surface area (Å²) in [5, 5.41) is 13.0. The number of nitrogens with zero attached hydrogens (tertiary/aromatic N) is 5. The lowest BCUT2D eigenvalue weighted by Gasteiger charge is -2.26. The zero-order valence-electron chi connectivity index (χ0n) is 35.4. The molecule has 4 aliphatic heterocycles. The summed E-state index contributed by atoms with van der Waals surface area (Å²) in [5.74, 6) is -2.76. The van der Waals surface area contributed by atoms with Gasteiger partial charge in [0.15, 0.2) is 0 Å². The summed E-state index contributed by atoms with van der Waals surface area (Å²) in [6.07, 6.45) is 5.08. The Labute approximate surface area is 329 Å². The second kappa shape index (κ2) is 28.9. The molecule has 4 aliphatic rings. The van der Waals surface area contributed by atoms with Gasteiger partial charge in [0, 0.05) is 59.4 Å². The van der Waals surface area contributed by atoms with Crippen LogP contribution < -0.4 is 16.4 Å². The molecule has 4 heterocycles. The number of likely N-dealkylation sites (N-methyl/N-ethyl adjacent to an activating group) is 2. The monoisotopic (exact) mass is 799 g/mol. The predicted octanol–water partition coefficient (Wildman–Crippen LogP) is 4.53. The van der Waals surface area contributed by atoms with Crippen LogP contribution in [0.1, 0.15) is 92.9 Å². The fraction of sp³-hybridized carbons (Fsp3) is 0.921. The summed E-state index contributed by atoms with van der Waals surface area (Å²) in [5.41, 5.74) is 4.56. The molecule has 0 unspecified atom stereocenters. The first kappa shape index (κ1) is 52.6. The van der Waals surface area contributed by atoms with Gasteiger partial charge in [-0.2, -0.15) is 13.2 Å². The molecule has 0 aliphatic carbocycles. The zero-order valence-corrected chi connectivity index (χ0v) is 35.4. The first-order valence-electron chi connectivity index (χ1n) is 20.1. The first-order chi connectivity index (χ1) is 25.7. The largest absolute Gasteiger partial charge is 0.490 e. The SMILES string of the molecule is CC(C)(C)OC(=O)NCCN1CCCC1.CN(CCN1CCCC1)C(=O)OC(C)(C)C.CNCCN1CCCC1.NCCN1CCCC1.O=C(O)C(F)(F)F. The molecule has 0 radical (unpaired) electrons. The fourth-order valence-corrected chi connectivity index (χ4v) is 5.83. The van der Waals surface area contributed by atoms with E-state index >= 15 is 0 Å².